The minimum Gasteiger partial charge on any atom is -0.443 e. The lowest BCUT2D eigenvalue weighted by atomic mass is 9.50. The van der Waals surface area contributed by atoms with Gasteiger partial charge >= 0.3 is 18.6 Å². The van der Waals surface area contributed by atoms with Crippen molar-refractivity contribution < 1.29 is 45.0 Å². The molecule has 4 fully saturated rings. The zero-order valence-electron chi connectivity index (χ0n) is 20.4. The molecule has 4 aliphatic rings. The molecule has 40 heavy (non-hydrogen) atoms. The van der Waals surface area contributed by atoms with Crippen LogP contribution in [-0.4, -0.2) is 55.1 Å². The van der Waals surface area contributed by atoms with Gasteiger partial charge in [-0.05, 0) is 44.1 Å². The quantitative estimate of drug-likeness (QED) is 0.334. The summed E-state index contributed by atoms with van der Waals surface area (Å²) in [6, 6.07) is 2.55. The summed E-state index contributed by atoms with van der Waals surface area (Å²) < 4.78 is 102. The van der Waals surface area contributed by atoms with Gasteiger partial charge in [-0.1, -0.05) is 0 Å². The summed E-state index contributed by atoms with van der Waals surface area (Å²) in [7, 11) is 0. The van der Waals surface area contributed by atoms with E-state index in [0.717, 1.165) is 29.8 Å². The Morgan fingerprint density at radius 3 is 2.55 bits per heavy atom. The van der Waals surface area contributed by atoms with Gasteiger partial charge in [0.05, 0.1) is 11.9 Å². The van der Waals surface area contributed by atoms with E-state index in [1.165, 1.54) is 6.07 Å². The molecule has 0 aliphatic heterocycles. The number of halogens is 7. The van der Waals surface area contributed by atoms with Gasteiger partial charge in [0.1, 0.15) is 24.4 Å². The van der Waals surface area contributed by atoms with Crippen molar-refractivity contribution in [3.63, 3.8) is 0 Å². The van der Waals surface area contributed by atoms with Gasteiger partial charge in [0.15, 0.2) is 17.3 Å². The maximum atomic E-state index is 14.7. The number of nitrogens with zero attached hydrogens (tertiary/aromatic N) is 4. The number of amides is 1. The summed E-state index contributed by atoms with van der Waals surface area (Å²) in [5.41, 5.74) is -1.45. The molecule has 3 atom stereocenters. The zero-order valence-corrected chi connectivity index (χ0v) is 20.4. The highest BCUT2D eigenvalue weighted by atomic mass is 19.4. The fraction of sp³-hybridized carbons (Fsp3) is 0.565. The summed E-state index contributed by atoms with van der Waals surface area (Å²) in [5, 5.41) is 15.9. The van der Waals surface area contributed by atoms with Gasteiger partial charge in [0, 0.05) is 23.2 Å². The number of nitrogens with one attached hydrogen (secondary N) is 3. The number of carbonyl (C=O) groups excluding carboxylic acids is 1. The number of fused-ring (bicyclic) bond motifs is 1. The molecule has 0 radical (unpaired) electrons. The number of aromatic amines is 1. The highest BCUT2D eigenvalue weighted by Crippen LogP contribution is 2.57. The van der Waals surface area contributed by atoms with E-state index in [1.807, 2.05) is 0 Å². The molecule has 7 rings (SSSR count). The van der Waals surface area contributed by atoms with Crippen LogP contribution in [0.5, 0.6) is 0 Å². The molecule has 3 N–H and O–H groups in total. The minimum absolute atomic E-state index is 0.0270. The Kier molecular flexibility index (Phi) is 6.12. The second kappa shape index (κ2) is 9.21. The molecule has 216 valence electrons. The number of rotatable bonds is 7. The van der Waals surface area contributed by atoms with E-state index >= 15 is 0 Å². The molecule has 0 saturated heterocycles. The summed E-state index contributed by atoms with van der Waals surface area (Å²) in [5.74, 6) is -0.115. The van der Waals surface area contributed by atoms with Gasteiger partial charge in [0.2, 0.25) is 0 Å². The van der Waals surface area contributed by atoms with Gasteiger partial charge in [-0.25, -0.2) is 18.7 Å². The minimum atomic E-state index is -4.96. The predicted octanol–water partition coefficient (Wildman–Crippen LogP) is 5.11. The third kappa shape index (κ3) is 5.25. The van der Waals surface area contributed by atoms with Gasteiger partial charge in [0.25, 0.3) is 0 Å². The van der Waals surface area contributed by atoms with Crippen molar-refractivity contribution in [3.8, 4) is 0 Å². The number of ether oxygens (including phenoxy) is 2. The Bertz CT molecular complexity index is 1420. The second-order valence-electron chi connectivity index (χ2n) is 10.5. The van der Waals surface area contributed by atoms with E-state index in [4.69, 9.17) is 4.74 Å². The molecule has 4 saturated carbocycles. The summed E-state index contributed by atoms with van der Waals surface area (Å²) in [4.78, 5) is 15.8. The van der Waals surface area contributed by atoms with Gasteiger partial charge in [-0.3, -0.25) is 9.84 Å². The lowest BCUT2D eigenvalue weighted by Gasteiger charge is -2.61. The van der Waals surface area contributed by atoms with Crippen LogP contribution in [0.25, 0.3) is 5.52 Å². The highest BCUT2D eigenvalue weighted by Gasteiger charge is 2.58. The first-order valence-electron chi connectivity index (χ1n) is 12.4. The van der Waals surface area contributed by atoms with Crippen LogP contribution < -0.4 is 10.6 Å². The lowest BCUT2D eigenvalue weighted by Crippen LogP contribution is -2.68. The fourth-order valence-electron chi connectivity index (χ4n) is 5.57. The first-order valence-corrected chi connectivity index (χ1v) is 12.4. The van der Waals surface area contributed by atoms with Crippen molar-refractivity contribution in [2.45, 2.75) is 75.0 Å². The normalized spacial score (nSPS) is 27.8. The third-order valence-corrected chi connectivity index (χ3v) is 7.56. The van der Waals surface area contributed by atoms with Crippen LogP contribution in [0.1, 0.15) is 55.1 Å². The lowest BCUT2D eigenvalue weighted by molar-refractivity contribution is -0.330. The third-order valence-electron chi connectivity index (χ3n) is 7.56. The van der Waals surface area contributed by atoms with Gasteiger partial charge in [-0.2, -0.15) is 23.4 Å². The number of aromatic nitrogens is 5. The fourth-order valence-corrected chi connectivity index (χ4v) is 5.57. The van der Waals surface area contributed by atoms with Crippen LogP contribution in [0.15, 0.2) is 18.3 Å². The molecule has 1 amide bonds. The Morgan fingerprint density at radius 2 is 1.90 bits per heavy atom. The largest absolute Gasteiger partial charge is 0.522 e. The number of anilines is 2. The number of alkyl halides is 7. The Labute approximate surface area is 220 Å². The van der Waals surface area contributed by atoms with E-state index in [-0.39, 0.29) is 41.2 Å². The van der Waals surface area contributed by atoms with Gasteiger partial charge < -0.3 is 15.4 Å². The Hall–Kier alpha value is -3.63. The average molecular weight is 577 g/mol. The molecular formula is C23H22F7N7O3. The smallest absolute Gasteiger partial charge is 0.443 e. The number of hydrogen-bond acceptors (Lipinski definition) is 7. The monoisotopic (exact) mass is 577 g/mol. The molecule has 10 nitrogen and oxygen atoms in total. The van der Waals surface area contributed by atoms with Crippen molar-refractivity contribution in [1.82, 2.24) is 30.1 Å². The molecule has 3 aromatic rings. The van der Waals surface area contributed by atoms with Crippen LogP contribution in [0.4, 0.5) is 47.2 Å². The molecule has 0 spiro atoms. The van der Waals surface area contributed by atoms with Gasteiger partial charge in [-0.15, -0.1) is 13.2 Å². The van der Waals surface area contributed by atoms with Crippen molar-refractivity contribution in [1.29, 1.82) is 0 Å². The van der Waals surface area contributed by atoms with E-state index in [9.17, 15) is 35.5 Å². The van der Waals surface area contributed by atoms with E-state index in [1.54, 1.807) is 0 Å². The standard InChI is InChI=1S/C23H22F7N7O3/c24-13-1-11(2-16(13)40-20(38)33-21-5-10(6-21)7-21)14-4-18(35-34-14)32-19-15-3-12(9-39-23(28,29)30)36-37(15)8-17(31-19)22(25,26)27/h3-4,8,10-11,13,16H,1-2,5-7,9H2,(H,33,38)(H2,31,32,34,35)/t10?,11-,13+,16-,21?/m0/s1. The van der Waals surface area contributed by atoms with Crippen LogP contribution in [-0.2, 0) is 22.3 Å². The second-order valence-corrected chi connectivity index (χ2v) is 10.5. The van der Waals surface area contributed by atoms with Crippen molar-refractivity contribution >= 4 is 23.2 Å². The topological polar surface area (TPSA) is 118 Å². The summed E-state index contributed by atoms with van der Waals surface area (Å²) in [6.07, 6.45) is -9.41. The number of hydrogen-bond donors (Lipinski definition) is 3. The van der Waals surface area contributed by atoms with Crippen LogP contribution in [0.3, 0.4) is 0 Å². The highest BCUT2D eigenvalue weighted by molar-refractivity contribution is 5.73. The van der Waals surface area contributed by atoms with Crippen molar-refractivity contribution in [3.05, 3.63) is 35.4 Å². The molecular weight excluding hydrogens is 555 g/mol. The number of H-pyrrole nitrogens is 1. The van der Waals surface area contributed by atoms with Crippen LogP contribution in [0, 0.1) is 5.92 Å². The zero-order chi connectivity index (χ0) is 28.4. The molecule has 3 heterocycles. The summed E-state index contributed by atoms with van der Waals surface area (Å²) in [6.45, 7) is -1.02. The number of alkyl carbamates (subject to hydrolysis) is 1. The summed E-state index contributed by atoms with van der Waals surface area (Å²) >= 11 is 0. The Balaban J connectivity index is 1.16. The first-order chi connectivity index (χ1) is 18.8. The van der Waals surface area contributed by atoms with Crippen molar-refractivity contribution in [2.24, 2.45) is 5.92 Å². The average Bonchev–Trinajstić information content (AvgIpc) is 3.52. The SMILES string of the molecule is O=C(NC12CC(C1)C2)O[C@H]1C[C@@H](c2cc(Nc3nc(C(F)(F)F)cn4nc(COC(F)(F)F)cc34)n[nH]2)C[C@H]1F. The van der Waals surface area contributed by atoms with E-state index in [2.05, 4.69) is 35.7 Å². The van der Waals surface area contributed by atoms with Crippen LogP contribution in [0.2, 0.25) is 0 Å². The van der Waals surface area contributed by atoms with Crippen LogP contribution >= 0.6 is 0 Å². The maximum absolute atomic E-state index is 14.7. The predicted molar refractivity (Wildman–Crippen MR) is 121 cm³/mol. The molecule has 2 bridgehead atoms. The maximum Gasteiger partial charge on any atom is 0.522 e. The molecule has 4 aliphatic carbocycles. The molecule has 17 heteroatoms. The molecule has 0 unspecified atom stereocenters. The Morgan fingerprint density at radius 1 is 1.15 bits per heavy atom. The molecule has 3 aromatic heterocycles. The first kappa shape index (κ1) is 26.6. The molecule has 0 aromatic carbocycles. The van der Waals surface area contributed by atoms with E-state index in [0.29, 0.717) is 17.8 Å². The number of carbonyl (C=O) groups is 1. The van der Waals surface area contributed by atoms with E-state index < -0.39 is 49.1 Å². The van der Waals surface area contributed by atoms with Crippen molar-refractivity contribution in [2.75, 3.05) is 5.32 Å².